The maximum absolute atomic E-state index is 14.5. The molecule has 13 nitrogen and oxygen atoms in total. The molecule has 2 aliphatic rings. The molecule has 5 rings (SSSR count). The van der Waals surface area contributed by atoms with E-state index in [9.17, 15) is 36.3 Å². The smallest absolute Gasteiger partial charge is 0.417 e. The number of carbonyl (C=O) groups is 3. The minimum atomic E-state index is -4.78. The minimum absolute atomic E-state index is 0.00285. The summed E-state index contributed by atoms with van der Waals surface area (Å²) in [5.74, 6) is -5.76. The van der Waals surface area contributed by atoms with E-state index in [2.05, 4.69) is 30.4 Å². The summed E-state index contributed by atoms with van der Waals surface area (Å²) in [7, 11) is 0. The fourth-order valence-electron chi connectivity index (χ4n) is 4.75. The third-order valence-electron chi connectivity index (χ3n) is 7.28. The zero-order chi connectivity index (χ0) is 36.9. The lowest BCUT2D eigenvalue weighted by Gasteiger charge is -2.19. The molecular weight excluding hydrogens is 685 g/mol. The summed E-state index contributed by atoms with van der Waals surface area (Å²) in [5.41, 5.74) is -1.37. The topological polar surface area (TPSA) is 171 Å². The van der Waals surface area contributed by atoms with E-state index in [1.165, 1.54) is 43.6 Å². The molecule has 2 N–H and O–H groups in total. The highest BCUT2D eigenvalue weighted by Crippen LogP contribution is 2.38. The number of nitrogens with one attached hydrogen (secondary N) is 1. The first-order valence-electron chi connectivity index (χ1n) is 15.3. The second-order valence-corrected chi connectivity index (χ2v) is 11.0. The molecule has 2 aromatic carbocycles. The number of aromatic nitrogens is 6. The lowest BCUT2D eigenvalue weighted by molar-refractivity contribution is -0.148. The number of carbonyl (C=O) groups excluding carboxylic acids is 2. The largest absolute Gasteiger partial charge is 0.494 e. The zero-order valence-electron chi connectivity index (χ0n) is 26.8. The highest BCUT2D eigenvalue weighted by atomic mass is 19.4. The van der Waals surface area contributed by atoms with Crippen LogP contribution >= 0.6 is 0 Å². The Labute approximate surface area is 285 Å². The molecule has 3 aromatic rings. The SMILES string of the molecule is CCCOc1ccc(-c2ncc(C(C(=O)OCCC(=O)NC(C)C(=O)O)n3cc4nc(-c5cccc(F)c5F)nc-4cn3)cn2)c(C(F)(F)F)c1. The number of hydrogen-bond acceptors (Lipinski definition) is 10. The number of hydrogen-bond donors (Lipinski definition) is 2. The van der Waals surface area contributed by atoms with Gasteiger partial charge in [-0.25, -0.2) is 33.5 Å². The molecule has 0 saturated carbocycles. The lowest BCUT2D eigenvalue weighted by Crippen LogP contribution is -2.38. The summed E-state index contributed by atoms with van der Waals surface area (Å²) in [6, 6.07) is 4.15. The van der Waals surface area contributed by atoms with Crippen LogP contribution in [0.3, 0.4) is 0 Å². The van der Waals surface area contributed by atoms with Crippen molar-refractivity contribution in [1.82, 2.24) is 35.0 Å². The van der Waals surface area contributed by atoms with E-state index in [4.69, 9.17) is 14.6 Å². The molecule has 1 amide bonds. The van der Waals surface area contributed by atoms with E-state index in [1.54, 1.807) is 0 Å². The standard InChI is InChI=1S/C33H28F5N7O6/c1-3-10-50-19-7-8-20(22(12-19)33(36,37)38)29-39-13-18(14-40-29)28(32(49)51-11-9-26(46)42-17(2)31(47)48)45-16-25-24(15-41-45)43-30(44-25)21-5-4-6-23(34)27(21)35/h4-8,12-17,28H,3,9-11H2,1-2H3,(H,42,46)(H,47,48). The summed E-state index contributed by atoms with van der Waals surface area (Å²) >= 11 is 0. The van der Waals surface area contributed by atoms with Crippen molar-refractivity contribution in [2.45, 2.75) is 44.9 Å². The maximum Gasteiger partial charge on any atom is 0.417 e. The molecule has 0 fully saturated rings. The Bertz CT molecular complexity index is 2020. The number of fused-ring (bicyclic) bond motifs is 1. The Morgan fingerprint density at radius 3 is 2.37 bits per heavy atom. The van der Waals surface area contributed by atoms with E-state index in [1.807, 2.05) is 6.92 Å². The van der Waals surface area contributed by atoms with Crippen LogP contribution in [0.15, 0.2) is 61.2 Å². The van der Waals surface area contributed by atoms with Crippen molar-refractivity contribution in [3.63, 3.8) is 0 Å². The van der Waals surface area contributed by atoms with E-state index >= 15 is 0 Å². The van der Waals surface area contributed by atoms with Crippen LogP contribution in [0.1, 0.15) is 43.9 Å². The number of nitrogens with zero attached hydrogens (tertiary/aromatic N) is 6. The van der Waals surface area contributed by atoms with Crippen molar-refractivity contribution < 1.29 is 50.9 Å². The van der Waals surface area contributed by atoms with Gasteiger partial charge in [-0.1, -0.05) is 13.0 Å². The zero-order valence-corrected chi connectivity index (χ0v) is 26.8. The van der Waals surface area contributed by atoms with Gasteiger partial charge in [-0.3, -0.25) is 14.3 Å². The highest BCUT2D eigenvalue weighted by molar-refractivity contribution is 5.83. The molecule has 1 aromatic heterocycles. The summed E-state index contributed by atoms with van der Waals surface area (Å²) in [6.07, 6.45) is 0.0302. The van der Waals surface area contributed by atoms with Gasteiger partial charge in [-0.05, 0) is 43.7 Å². The van der Waals surface area contributed by atoms with Crippen molar-refractivity contribution >= 4 is 17.8 Å². The highest BCUT2D eigenvalue weighted by Gasteiger charge is 2.35. The van der Waals surface area contributed by atoms with Gasteiger partial charge in [0.1, 0.15) is 29.8 Å². The number of esters is 1. The van der Waals surface area contributed by atoms with Gasteiger partial charge in [-0.2, -0.15) is 18.3 Å². The fraction of sp³-hybridized carbons (Fsp3) is 0.273. The molecule has 0 saturated heterocycles. The van der Waals surface area contributed by atoms with Gasteiger partial charge in [-0.15, -0.1) is 0 Å². The van der Waals surface area contributed by atoms with E-state index in [0.717, 1.165) is 29.2 Å². The molecule has 2 unspecified atom stereocenters. The minimum Gasteiger partial charge on any atom is -0.494 e. The molecule has 3 heterocycles. The Kier molecular flexibility index (Phi) is 10.8. The average molecular weight is 714 g/mol. The average Bonchev–Trinajstić information content (AvgIpc) is 3.52. The number of aliphatic carboxylic acids is 1. The number of amides is 1. The first kappa shape index (κ1) is 36.2. The van der Waals surface area contributed by atoms with Crippen molar-refractivity contribution in [2.24, 2.45) is 0 Å². The van der Waals surface area contributed by atoms with Crippen LogP contribution in [-0.2, 0) is 25.3 Å². The predicted molar refractivity (Wildman–Crippen MR) is 167 cm³/mol. The summed E-state index contributed by atoms with van der Waals surface area (Å²) in [6.45, 7) is 2.77. The van der Waals surface area contributed by atoms with Gasteiger partial charge in [0.2, 0.25) is 5.91 Å². The lowest BCUT2D eigenvalue weighted by atomic mass is 10.1. The monoisotopic (exact) mass is 713 g/mol. The van der Waals surface area contributed by atoms with Crippen LogP contribution in [0.2, 0.25) is 0 Å². The van der Waals surface area contributed by atoms with Gasteiger partial charge in [0, 0.05) is 23.5 Å². The Balaban J connectivity index is 1.48. The Morgan fingerprint density at radius 2 is 1.69 bits per heavy atom. The Hall–Kier alpha value is -6.07. The van der Waals surface area contributed by atoms with E-state index in [-0.39, 0.29) is 52.1 Å². The van der Waals surface area contributed by atoms with Gasteiger partial charge >= 0.3 is 18.1 Å². The number of carboxylic acid groups (broad SMARTS) is 1. The second kappa shape index (κ2) is 15.2. The number of benzene rings is 2. The number of carboxylic acids is 1. The molecule has 2 atom stereocenters. The van der Waals surface area contributed by atoms with Crippen LogP contribution in [-0.4, -0.2) is 71.9 Å². The van der Waals surface area contributed by atoms with Gasteiger partial charge in [0.25, 0.3) is 0 Å². The maximum atomic E-state index is 14.5. The number of alkyl halides is 3. The first-order chi connectivity index (χ1) is 24.3. The van der Waals surface area contributed by atoms with E-state index in [0.29, 0.717) is 6.42 Å². The summed E-state index contributed by atoms with van der Waals surface area (Å²) < 4.78 is 82.2. The summed E-state index contributed by atoms with van der Waals surface area (Å²) in [4.78, 5) is 53.3. The molecule has 2 aliphatic heterocycles. The predicted octanol–water partition coefficient (Wildman–Crippen LogP) is 5.10. The van der Waals surface area contributed by atoms with Crippen molar-refractivity contribution in [1.29, 1.82) is 0 Å². The quantitative estimate of drug-likeness (QED) is 0.123. The number of rotatable bonds is 13. The van der Waals surface area contributed by atoms with Crippen LogP contribution in [0.4, 0.5) is 22.0 Å². The number of imidazole rings is 1. The van der Waals surface area contributed by atoms with Crippen LogP contribution in [0.5, 0.6) is 5.75 Å². The van der Waals surface area contributed by atoms with Crippen molar-refractivity contribution in [2.75, 3.05) is 13.2 Å². The van der Waals surface area contributed by atoms with Crippen molar-refractivity contribution in [3.05, 3.63) is 83.9 Å². The second-order valence-electron chi connectivity index (χ2n) is 11.0. The molecule has 0 bridgehead atoms. The summed E-state index contributed by atoms with van der Waals surface area (Å²) in [5, 5.41) is 15.4. The van der Waals surface area contributed by atoms with Crippen molar-refractivity contribution in [3.8, 4) is 39.9 Å². The third kappa shape index (κ3) is 8.39. The van der Waals surface area contributed by atoms with Crippen LogP contribution < -0.4 is 10.1 Å². The Morgan fingerprint density at radius 1 is 0.961 bits per heavy atom. The molecular formula is C33H28F5N7O6. The normalized spacial score (nSPS) is 12.7. The van der Waals surface area contributed by atoms with Gasteiger partial charge < -0.3 is 19.9 Å². The van der Waals surface area contributed by atoms with E-state index < -0.39 is 66.3 Å². The molecule has 51 heavy (non-hydrogen) atoms. The third-order valence-corrected chi connectivity index (χ3v) is 7.28. The molecule has 0 aliphatic carbocycles. The molecule has 0 radical (unpaired) electrons. The molecule has 18 heteroatoms. The van der Waals surface area contributed by atoms with Crippen LogP contribution in [0, 0.1) is 11.6 Å². The first-order valence-corrected chi connectivity index (χ1v) is 15.3. The molecule has 0 spiro atoms. The van der Waals surface area contributed by atoms with Gasteiger partial charge in [0.15, 0.2) is 29.3 Å². The number of ether oxygens (including phenoxy) is 2. The number of halogens is 5. The fourth-order valence-corrected chi connectivity index (χ4v) is 4.75. The van der Waals surface area contributed by atoms with Crippen LogP contribution in [0.25, 0.3) is 34.2 Å². The molecule has 266 valence electrons. The van der Waals surface area contributed by atoms with Gasteiger partial charge in [0.05, 0.1) is 36.5 Å².